The quantitative estimate of drug-likeness (QED) is 0.0881. The van der Waals surface area contributed by atoms with Crippen LogP contribution in [-0.4, -0.2) is 87.2 Å². The summed E-state index contributed by atoms with van der Waals surface area (Å²) in [6, 6.07) is 4.56. The first kappa shape index (κ1) is 39.3. The van der Waals surface area contributed by atoms with Gasteiger partial charge in [0.05, 0.1) is 26.4 Å². The maximum absolute atomic E-state index is 11.7. The van der Waals surface area contributed by atoms with Gasteiger partial charge in [0.15, 0.2) is 0 Å². The lowest BCUT2D eigenvalue weighted by molar-refractivity contribution is -0.141. The van der Waals surface area contributed by atoms with Crippen molar-refractivity contribution in [1.29, 1.82) is 0 Å². The summed E-state index contributed by atoms with van der Waals surface area (Å²) in [6.07, 6.45) is 13.1. The third-order valence-corrected chi connectivity index (χ3v) is 13.4. The SMILES string of the molecule is C=C(C)C(=O)OCCOCC(O)COc1cc(C23CC4CC(CC(C4)C2)C3)c(OCC(O)COCCOC(=O)C(=C)C)cc1C12CC3CC(CC(C3)C1)C2. The van der Waals surface area contributed by atoms with Gasteiger partial charge in [0.25, 0.3) is 0 Å². The van der Waals surface area contributed by atoms with E-state index in [9.17, 15) is 19.8 Å². The Bertz CT molecular complexity index is 1360. The summed E-state index contributed by atoms with van der Waals surface area (Å²) in [5.41, 5.74) is 3.05. The van der Waals surface area contributed by atoms with E-state index in [1.807, 2.05) is 0 Å². The zero-order valence-electron chi connectivity index (χ0n) is 32.5. The smallest absolute Gasteiger partial charge is 0.333 e. The van der Waals surface area contributed by atoms with Crippen LogP contribution >= 0.6 is 0 Å². The third-order valence-electron chi connectivity index (χ3n) is 13.4. The van der Waals surface area contributed by atoms with Crippen LogP contribution in [0, 0.1) is 35.5 Å². The Labute approximate surface area is 320 Å². The highest BCUT2D eigenvalue weighted by Crippen LogP contribution is 2.65. The first-order valence-electron chi connectivity index (χ1n) is 20.5. The molecule has 1 aromatic rings. The lowest BCUT2D eigenvalue weighted by Crippen LogP contribution is -2.49. The fourth-order valence-corrected chi connectivity index (χ4v) is 12.0. The van der Waals surface area contributed by atoms with Gasteiger partial charge >= 0.3 is 11.9 Å². The van der Waals surface area contributed by atoms with Crippen LogP contribution in [0.4, 0.5) is 0 Å². The van der Waals surface area contributed by atoms with Gasteiger partial charge in [-0.1, -0.05) is 13.2 Å². The molecule has 0 radical (unpaired) electrons. The molecular formula is C44H62O10. The first-order valence-corrected chi connectivity index (χ1v) is 20.5. The van der Waals surface area contributed by atoms with Gasteiger partial charge in [-0.2, -0.15) is 0 Å². The molecule has 298 valence electrons. The molecule has 8 saturated carbocycles. The van der Waals surface area contributed by atoms with E-state index in [1.54, 1.807) is 13.8 Å². The molecule has 1 aromatic carbocycles. The highest BCUT2D eigenvalue weighted by Gasteiger charge is 2.55. The van der Waals surface area contributed by atoms with Crippen LogP contribution in [0.3, 0.4) is 0 Å². The Balaban J connectivity index is 1.11. The van der Waals surface area contributed by atoms with Gasteiger partial charge in [0.1, 0.15) is 50.1 Å². The normalized spacial score (nSPS) is 32.6. The Hall–Kier alpha value is -2.92. The molecule has 8 aliphatic carbocycles. The molecule has 0 spiro atoms. The van der Waals surface area contributed by atoms with Crippen LogP contribution in [-0.2, 0) is 39.4 Å². The average molecular weight is 751 g/mol. The second-order valence-electron chi connectivity index (χ2n) is 18.2. The number of carbonyl (C=O) groups is 2. The van der Waals surface area contributed by atoms with Crippen LogP contribution < -0.4 is 9.47 Å². The highest BCUT2D eigenvalue weighted by atomic mass is 16.6. The number of carbonyl (C=O) groups excluding carboxylic acids is 2. The Morgan fingerprint density at radius 2 is 0.907 bits per heavy atom. The lowest BCUT2D eigenvalue weighted by atomic mass is 9.47. The number of esters is 2. The van der Waals surface area contributed by atoms with Crippen molar-refractivity contribution in [2.24, 2.45) is 35.5 Å². The number of ether oxygens (including phenoxy) is 6. The van der Waals surface area contributed by atoms with Crippen molar-refractivity contribution in [1.82, 2.24) is 0 Å². The molecule has 2 atom stereocenters. The summed E-state index contributed by atoms with van der Waals surface area (Å²) in [7, 11) is 0. The molecule has 9 rings (SSSR count). The van der Waals surface area contributed by atoms with Gasteiger partial charge in [-0.3, -0.25) is 0 Å². The minimum Gasteiger partial charge on any atom is -0.490 e. The summed E-state index contributed by atoms with van der Waals surface area (Å²) >= 11 is 0. The van der Waals surface area contributed by atoms with Crippen LogP contribution in [0.1, 0.15) is 102 Å². The average Bonchev–Trinajstić information content (AvgIpc) is 3.11. The third kappa shape index (κ3) is 8.87. The predicted octanol–water partition coefficient (Wildman–Crippen LogP) is 6.37. The zero-order chi connectivity index (χ0) is 38.0. The van der Waals surface area contributed by atoms with E-state index in [1.165, 1.54) is 49.7 Å². The van der Waals surface area contributed by atoms with Crippen molar-refractivity contribution in [3.05, 3.63) is 47.6 Å². The second-order valence-corrected chi connectivity index (χ2v) is 18.2. The van der Waals surface area contributed by atoms with E-state index in [2.05, 4.69) is 25.3 Å². The van der Waals surface area contributed by atoms with Crippen molar-refractivity contribution in [3.8, 4) is 11.5 Å². The molecule has 8 bridgehead atoms. The number of hydrogen-bond donors (Lipinski definition) is 2. The highest BCUT2D eigenvalue weighted by molar-refractivity contribution is 5.87. The molecule has 0 heterocycles. The van der Waals surface area contributed by atoms with Crippen LogP contribution in [0.5, 0.6) is 11.5 Å². The zero-order valence-corrected chi connectivity index (χ0v) is 32.5. The van der Waals surface area contributed by atoms with E-state index in [-0.39, 0.29) is 63.7 Å². The van der Waals surface area contributed by atoms with E-state index in [4.69, 9.17) is 28.4 Å². The number of aliphatic hydroxyl groups excluding tert-OH is 2. The van der Waals surface area contributed by atoms with Gasteiger partial charge in [-0.25, -0.2) is 9.59 Å². The predicted molar refractivity (Wildman–Crippen MR) is 202 cm³/mol. The Morgan fingerprint density at radius 1 is 0.593 bits per heavy atom. The summed E-state index contributed by atoms with van der Waals surface area (Å²) < 4.78 is 35.0. The first-order chi connectivity index (χ1) is 25.9. The van der Waals surface area contributed by atoms with Gasteiger partial charge in [0.2, 0.25) is 0 Å². The van der Waals surface area contributed by atoms with Crippen LogP contribution in [0.15, 0.2) is 36.4 Å². The minimum absolute atomic E-state index is 0.000238. The summed E-state index contributed by atoms with van der Waals surface area (Å²) in [5.74, 6) is 5.16. The standard InChI is InChI=1S/C44H62O10/c1-27(2)41(47)51-7-5-49-23-35(45)25-53-39-15-38(44-20-32-12-33(21-44)14-34(13-32)22-44)40(54-26-36(46)24-50-6-8-52-42(48)28(3)4)16-37(39)43-17-29-9-30(18-43)11-31(10-29)19-43/h15-16,29-36,45-46H,1,3,5-14,17-26H2,2,4H3. The summed E-state index contributed by atoms with van der Waals surface area (Å²) in [6.45, 7) is 11.2. The van der Waals surface area contributed by atoms with Crippen molar-refractivity contribution in [2.75, 3.05) is 52.9 Å². The molecule has 8 fully saturated rings. The van der Waals surface area contributed by atoms with Gasteiger partial charge in [-0.05, 0) is 149 Å². The minimum atomic E-state index is -0.857. The van der Waals surface area contributed by atoms with Gasteiger partial charge < -0.3 is 38.6 Å². The van der Waals surface area contributed by atoms with Gasteiger partial charge in [-0.15, -0.1) is 0 Å². The van der Waals surface area contributed by atoms with Crippen molar-refractivity contribution in [3.63, 3.8) is 0 Å². The number of rotatable bonds is 20. The molecule has 8 aliphatic rings. The monoisotopic (exact) mass is 750 g/mol. The Morgan fingerprint density at radius 3 is 1.20 bits per heavy atom. The molecule has 0 saturated heterocycles. The van der Waals surface area contributed by atoms with Gasteiger partial charge in [0, 0.05) is 22.3 Å². The number of aliphatic hydroxyl groups is 2. The number of benzene rings is 1. The molecule has 54 heavy (non-hydrogen) atoms. The van der Waals surface area contributed by atoms with Crippen molar-refractivity contribution >= 4 is 11.9 Å². The maximum Gasteiger partial charge on any atom is 0.333 e. The van der Waals surface area contributed by atoms with Crippen molar-refractivity contribution < 1.29 is 48.2 Å². The van der Waals surface area contributed by atoms with E-state index in [0.29, 0.717) is 11.1 Å². The van der Waals surface area contributed by atoms with E-state index in [0.717, 1.165) is 85.5 Å². The fourth-order valence-electron chi connectivity index (χ4n) is 12.0. The molecule has 2 N–H and O–H groups in total. The molecule has 0 aliphatic heterocycles. The van der Waals surface area contributed by atoms with E-state index >= 15 is 0 Å². The lowest BCUT2D eigenvalue weighted by Gasteiger charge is -2.58. The summed E-state index contributed by atoms with van der Waals surface area (Å²) in [5, 5.41) is 22.0. The molecule has 0 aromatic heterocycles. The molecule has 2 unspecified atom stereocenters. The van der Waals surface area contributed by atoms with Crippen molar-refractivity contribution in [2.45, 2.75) is 114 Å². The molecule has 10 nitrogen and oxygen atoms in total. The molecular weight excluding hydrogens is 688 g/mol. The van der Waals surface area contributed by atoms with Crippen LogP contribution in [0.25, 0.3) is 0 Å². The topological polar surface area (TPSA) is 130 Å². The second kappa shape index (κ2) is 16.7. The fraction of sp³-hybridized carbons (Fsp3) is 0.727. The maximum atomic E-state index is 11.7. The molecule has 0 amide bonds. The largest absolute Gasteiger partial charge is 0.490 e. The summed E-state index contributed by atoms with van der Waals surface area (Å²) in [4.78, 5) is 23.4. The molecule has 10 heteroatoms. The Kier molecular flexibility index (Phi) is 12.1. The van der Waals surface area contributed by atoms with E-state index < -0.39 is 24.1 Å². The number of hydrogen-bond acceptors (Lipinski definition) is 10. The van der Waals surface area contributed by atoms with Crippen LogP contribution in [0.2, 0.25) is 0 Å².